The normalized spacial score (nSPS) is 12.1. The van der Waals surface area contributed by atoms with Crippen LogP contribution in [0.3, 0.4) is 0 Å². The number of ether oxygens (including phenoxy) is 1. The summed E-state index contributed by atoms with van der Waals surface area (Å²) in [6.07, 6.45) is 3.32. The number of hydrogen-bond acceptors (Lipinski definition) is 6. The zero-order valence-electron chi connectivity index (χ0n) is 15.7. The summed E-state index contributed by atoms with van der Waals surface area (Å²) in [5, 5.41) is 11.0. The van der Waals surface area contributed by atoms with E-state index in [-0.39, 0.29) is 12.1 Å². The number of amides is 2. The smallest absolute Gasteiger partial charge is 0.318 e. The van der Waals surface area contributed by atoms with Crippen LogP contribution in [0.25, 0.3) is 11.0 Å². The third kappa shape index (κ3) is 4.56. The number of hydrogen-bond donors (Lipinski definition) is 1. The lowest BCUT2D eigenvalue weighted by Gasteiger charge is -2.21. The van der Waals surface area contributed by atoms with Gasteiger partial charge in [-0.25, -0.2) is 9.78 Å². The maximum Gasteiger partial charge on any atom is 0.318 e. The lowest BCUT2D eigenvalue weighted by molar-refractivity contribution is 0.184. The number of methoxy groups -OCH3 is 1. The van der Waals surface area contributed by atoms with Crippen LogP contribution in [0, 0.1) is 0 Å². The second-order valence-electron chi connectivity index (χ2n) is 6.25. The van der Waals surface area contributed by atoms with Crippen LogP contribution in [0.2, 0.25) is 0 Å². The molecular formula is C18H23N7O2. The number of fused-ring (bicyclic) bond motifs is 1. The number of rotatable bonds is 7. The Balaban J connectivity index is 1.62. The van der Waals surface area contributed by atoms with Crippen LogP contribution in [-0.4, -0.2) is 56.4 Å². The van der Waals surface area contributed by atoms with Crippen molar-refractivity contribution in [3.05, 3.63) is 48.3 Å². The molecule has 27 heavy (non-hydrogen) atoms. The second kappa shape index (κ2) is 8.54. The summed E-state index contributed by atoms with van der Waals surface area (Å²) in [6, 6.07) is 7.13. The van der Waals surface area contributed by atoms with Gasteiger partial charge in [0.05, 0.1) is 42.1 Å². The van der Waals surface area contributed by atoms with Gasteiger partial charge in [0, 0.05) is 20.7 Å². The van der Waals surface area contributed by atoms with Gasteiger partial charge >= 0.3 is 6.03 Å². The maximum absolute atomic E-state index is 12.5. The first-order valence-corrected chi connectivity index (χ1v) is 8.67. The number of benzene rings is 1. The van der Waals surface area contributed by atoms with Crippen molar-refractivity contribution in [2.75, 3.05) is 20.8 Å². The Morgan fingerprint density at radius 2 is 2.11 bits per heavy atom. The molecule has 9 nitrogen and oxygen atoms in total. The molecular weight excluding hydrogens is 346 g/mol. The highest BCUT2D eigenvalue weighted by molar-refractivity contribution is 5.75. The molecule has 0 aliphatic heterocycles. The van der Waals surface area contributed by atoms with E-state index < -0.39 is 0 Å². The fraction of sp³-hybridized carbons (Fsp3) is 0.389. The molecule has 1 N–H and O–H groups in total. The lowest BCUT2D eigenvalue weighted by atomic mass is 10.3. The molecule has 1 atom stereocenters. The topological polar surface area (TPSA) is 98.1 Å². The van der Waals surface area contributed by atoms with Crippen molar-refractivity contribution in [2.24, 2.45) is 0 Å². The van der Waals surface area contributed by atoms with E-state index in [1.54, 1.807) is 31.6 Å². The minimum atomic E-state index is -0.290. The van der Waals surface area contributed by atoms with Crippen molar-refractivity contribution >= 4 is 17.1 Å². The summed E-state index contributed by atoms with van der Waals surface area (Å²) < 4.78 is 6.95. The number of nitrogens with one attached hydrogen (secondary N) is 1. The van der Waals surface area contributed by atoms with Crippen molar-refractivity contribution in [3.63, 3.8) is 0 Å². The predicted octanol–water partition coefficient (Wildman–Crippen LogP) is 1.77. The van der Waals surface area contributed by atoms with E-state index in [1.807, 2.05) is 35.8 Å². The van der Waals surface area contributed by atoms with Crippen LogP contribution < -0.4 is 5.32 Å². The van der Waals surface area contributed by atoms with Gasteiger partial charge in [-0.3, -0.25) is 4.98 Å². The first kappa shape index (κ1) is 18.7. The largest absolute Gasteiger partial charge is 0.383 e. The van der Waals surface area contributed by atoms with Crippen LogP contribution in [0.4, 0.5) is 4.79 Å². The van der Waals surface area contributed by atoms with E-state index in [4.69, 9.17) is 4.74 Å². The third-order valence-corrected chi connectivity index (χ3v) is 4.15. The van der Waals surface area contributed by atoms with E-state index in [2.05, 4.69) is 25.5 Å². The van der Waals surface area contributed by atoms with Crippen LogP contribution in [-0.2, 0) is 17.8 Å². The van der Waals surface area contributed by atoms with Gasteiger partial charge in [0.25, 0.3) is 0 Å². The molecule has 2 heterocycles. The van der Waals surface area contributed by atoms with Gasteiger partial charge < -0.3 is 19.5 Å². The van der Waals surface area contributed by atoms with Crippen molar-refractivity contribution in [3.8, 4) is 0 Å². The highest BCUT2D eigenvalue weighted by atomic mass is 16.5. The average Bonchev–Trinajstić information content (AvgIpc) is 3.14. The number of urea groups is 1. The fourth-order valence-corrected chi connectivity index (χ4v) is 2.71. The molecule has 0 aliphatic carbocycles. The molecule has 2 aromatic heterocycles. The standard InChI is InChI=1S/C18H23N7O2/c1-13(17-23-20-12-25(17)8-9-27-3)21-18(26)24(2)11-14-10-19-15-6-4-5-7-16(15)22-14/h4-7,10,12-13H,8-9,11H2,1-3H3,(H,21,26). The summed E-state index contributed by atoms with van der Waals surface area (Å²) >= 11 is 0. The van der Waals surface area contributed by atoms with E-state index in [1.165, 1.54) is 0 Å². The molecule has 1 aromatic carbocycles. The van der Waals surface area contributed by atoms with Crippen LogP contribution in [0.1, 0.15) is 24.5 Å². The zero-order chi connectivity index (χ0) is 19.2. The van der Waals surface area contributed by atoms with Crippen LogP contribution in [0.15, 0.2) is 36.8 Å². The fourth-order valence-electron chi connectivity index (χ4n) is 2.71. The third-order valence-electron chi connectivity index (χ3n) is 4.15. The van der Waals surface area contributed by atoms with Crippen molar-refractivity contribution in [1.29, 1.82) is 0 Å². The van der Waals surface area contributed by atoms with Gasteiger partial charge in [-0.2, -0.15) is 0 Å². The monoisotopic (exact) mass is 369 g/mol. The van der Waals surface area contributed by atoms with Crippen LogP contribution in [0.5, 0.6) is 0 Å². The van der Waals surface area contributed by atoms with E-state index in [9.17, 15) is 4.79 Å². The Morgan fingerprint density at radius 3 is 2.89 bits per heavy atom. The quantitative estimate of drug-likeness (QED) is 0.682. The van der Waals surface area contributed by atoms with E-state index in [0.717, 1.165) is 16.7 Å². The molecule has 0 spiro atoms. The summed E-state index contributed by atoms with van der Waals surface area (Å²) in [4.78, 5) is 23.0. The first-order chi connectivity index (χ1) is 13.1. The van der Waals surface area contributed by atoms with E-state index in [0.29, 0.717) is 25.5 Å². The Labute approximate surface area is 157 Å². The van der Waals surface area contributed by atoms with Crippen LogP contribution >= 0.6 is 0 Å². The molecule has 0 bridgehead atoms. The minimum Gasteiger partial charge on any atom is -0.383 e. The van der Waals surface area contributed by atoms with Gasteiger partial charge in [0.1, 0.15) is 6.33 Å². The van der Waals surface area contributed by atoms with Gasteiger partial charge in [0.15, 0.2) is 5.82 Å². The van der Waals surface area contributed by atoms with Crippen molar-refractivity contribution < 1.29 is 9.53 Å². The molecule has 3 aromatic rings. The molecule has 0 fully saturated rings. The molecule has 142 valence electrons. The van der Waals surface area contributed by atoms with Crippen molar-refractivity contribution in [2.45, 2.75) is 26.1 Å². The van der Waals surface area contributed by atoms with Gasteiger partial charge in [-0.1, -0.05) is 12.1 Å². The molecule has 9 heteroatoms. The summed E-state index contributed by atoms with van der Waals surface area (Å²) in [7, 11) is 3.36. The Hall–Kier alpha value is -3.07. The molecule has 1 unspecified atom stereocenters. The highest BCUT2D eigenvalue weighted by Crippen LogP contribution is 2.12. The summed E-state index contributed by atoms with van der Waals surface area (Å²) in [6.45, 7) is 3.40. The first-order valence-electron chi connectivity index (χ1n) is 8.67. The average molecular weight is 369 g/mol. The number of carbonyl (C=O) groups is 1. The Bertz CT molecular complexity index is 911. The minimum absolute atomic E-state index is 0.223. The Morgan fingerprint density at radius 1 is 1.33 bits per heavy atom. The molecule has 0 saturated heterocycles. The van der Waals surface area contributed by atoms with Gasteiger partial charge in [-0.05, 0) is 19.1 Å². The molecule has 0 aliphatic rings. The number of aromatic nitrogens is 5. The van der Waals surface area contributed by atoms with Gasteiger partial charge in [-0.15, -0.1) is 10.2 Å². The molecule has 0 saturated carbocycles. The molecule has 2 amide bonds. The highest BCUT2D eigenvalue weighted by Gasteiger charge is 2.18. The zero-order valence-corrected chi connectivity index (χ0v) is 15.7. The predicted molar refractivity (Wildman–Crippen MR) is 99.8 cm³/mol. The molecule has 3 rings (SSSR count). The lowest BCUT2D eigenvalue weighted by Crippen LogP contribution is -2.39. The summed E-state index contributed by atoms with van der Waals surface area (Å²) in [5.41, 5.74) is 2.36. The summed E-state index contributed by atoms with van der Waals surface area (Å²) in [5.74, 6) is 0.680. The van der Waals surface area contributed by atoms with E-state index >= 15 is 0 Å². The van der Waals surface area contributed by atoms with Gasteiger partial charge in [0.2, 0.25) is 0 Å². The Kier molecular flexibility index (Phi) is 5.92. The second-order valence-corrected chi connectivity index (χ2v) is 6.25. The van der Waals surface area contributed by atoms with Crippen molar-refractivity contribution in [1.82, 2.24) is 34.9 Å². The number of para-hydroxylation sites is 2. The SMILES string of the molecule is COCCn1cnnc1C(C)NC(=O)N(C)Cc1cnc2ccccc2n1. The molecule has 0 radical (unpaired) electrons. The maximum atomic E-state index is 12.5. The number of carbonyl (C=O) groups excluding carboxylic acids is 1. The number of nitrogens with zero attached hydrogens (tertiary/aromatic N) is 6.